The van der Waals surface area contributed by atoms with E-state index in [1.807, 2.05) is 6.92 Å². The highest BCUT2D eigenvalue weighted by molar-refractivity contribution is 7.22. The molecule has 4 rings (SSSR count). The molecule has 170 valence electrons. The second-order valence-corrected chi connectivity index (χ2v) is 9.12. The van der Waals surface area contributed by atoms with Crippen LogP contribution in [-0.2, 0) is 10.7 Å². The van der Waals surface area contributed by atoms with Gasteiger partial charge < -0.3 is 14.9 Å². The van der Waals surface area contributed by atoms with Gasteiger partial charge >= 0.3 is 5.97 Å². The second-order valence-electron chi connectivity index (χ2n) is 8.06. The van der Waals surface area contributed by atoms with Gasteiger partial charge in [-0.05, 0) is 36.3 Å². The molecule has 0 fully saturated rings. The van der Waals surface area contributed by atoms with E-state index in [9.17, 15) is 18.7 Å². The fraction of sp³-hybridized carbons (Fsp3) is 0.192. The lowest BCUT2D eigenvalue weighted by Gasteiger charge is -2.22. The van der Waals surface area contributed by atoms with Crippen LogP contribution in [0.3, 0.4) is 0 Å². The number of fused-ring (bicyclic) bond motifs is 1. The molecular formula is C26H22F2O4S. The van der Waals surface area contributed by atoms with Crippen LogP contribution in [0.15, 0.2) is 78.1 Å². The molecule has 1 aliphatic rings. The van der Waals surface area contributed by atoms with Crippen LogP contribution in [0.1, 0.15) is 25.8 Å². The van der Waals surface area contributed by atoms with Crippen molar-refractivity contribution in [3.8, 4) is 21.9 Å². The number of carboxylic acids is 1. The predicted octanol–water partition coefficient (Wildman–Crippen LogP) is 7.26. The zero-order valence-electron chi connectivity index (χ0n) is 18.0. The standard InChI is InChI=1S/C26H22F2O4S/c1-15-13-16(8-12-23(30)31)7-11-21(15)32-24-19-10-9-17(29)14-22(19)33-25(24)18-5-3-4-6-20(18)26(2,27)28/h3-12,14-15,29H,13H2,1-2H3,(H,30,31)/b12-8+. The number of hydrogen-bond donors (Lipinski definition) is 2. The van der Waals surface area contributed by atoms with E-state index in [1.54, 1.807) is 54.6 Å². The molecule has 0 amide bonds. The van der Waals surface area contributed by atoms with E-state index in [0.29, 0.717) is 28.4 Å². The largest absolute Gasteiger partial charge is 0.508 e. The number of allylic oxidation sites excluding steroid dienone is 5. The number of thiophene rings is 1. The van der Waals surface area contributed by atoms with E-state index < -0.39 is 11.9 Å². The van der Waals surface area contributed by atoms with Crippen LogP contribution in [0.4, 0.5) is 8.78 Å². The zero-order chi connectivity index (χ0) is 23.8. The Morgan fingerprint density at radius 3 is 2.67 bits per heavy atom. The van der Waals surface area contributed by atoms with Crippen molar-refractivity contribution in [2.75, 3.05) is 0 Å². The first-order chi connectivity index (χ1) is 15.6. The summed E-state index contributed by atoms with van der Waals surface area (Å²) in [7, 11) is 0. The zero-order valence-corrected chi connectivity index (χ0v) is 18.8. The highest BCUT2D eigenvalue weighted by Crippen LogP contribution is 2.49. The molecule has 1 aromatic heterocycles. The Morgan fingerprint density at radius 1 is 1.21 bits per heavy atom. The van der Waals surface area contributed by atoms with Crippen molar-refractivity contribution in [1.29, 1.82) is 0 Å². The Labute approximate surface area is 193 Å². The molecule has 33 heavy (non-hydrogen) atoms. The predicted molar refractivity (Wildman–Crippen MR) is 126 cm³/mol. The van der Waals surface area contributed by atoms with Gasteiger partial charge in [0.15, 0.2) is 5.75 Å². The van der Waals surface area contributed by atoms with Gasteiger partial charge in [0, 0.05) is 40.1 Å². The van der Waals surface area contributed by atoms with E-state index >= 15 is 0 Å². The molecule has 1 aliphatic carbocycles. The van der Waals surface area contributed by atoms with Crippen molar-refractivity contribution < 1.29 is 28.5 Å². The first kappa shape index (κ1) is 22.7. The maximum absolute atomic E-state index is 14.4. The molecule has 0 spiro atoms. The number of ether oxygens (including phenoxy) is 1. The Kier molecular flexibility index (Phi) is 6.08. The van der Waals surface area contributed by atoms with E-state index in [-0.39, 0.29) is 17.2 Å². The van der Waals surface area contributed by atoms with E-state index in [4.69, 9.17) is 9.84 Å². The molecule has 0 saturated carbocycles. The lowest BCUT2D eigenvalue weighted by molar-refractivity contribution is -0.131. The number of phenols is 1. The summed E-state index contributed by atoms with van der Waals surface area (Å²) in [5, 5.41) is 19.5. The summed E-state index contributed by atoms with van der Waals surface area (Å²) in [6, 6.07) is 11.2. The molecule has 3 aromatic rings. The number of rotatable bonds is 6. The molecule has 2 aromatic carbocycles. The summed E-state index contributed by atoms with van der Waals surface area (Å²) in [6.07, 6.45) is 6.81. The second kappa shape index (κ2) is 8.83. The molecule has 7 heteroatoms. The summed E-state index contributed by atoms with van der Waals surface area (Å²) < 4.78 is 35.9. The molecule has 1 unspecified atom stereocenters. The number of phenolic OH excluding ortho intramolecular Hbond substituents is 1. The minimum atomic E-state index is -3.04. The van der Waals surface area contributed by atoms with Gasteiger partial charge in [-0.15, -0.1) is 11.3 Å². The van der Waals surface area contributed by atoms with Gasteiger partial charge in [0.1, 0.15) is 11.5 Å². The summed E-state index contributed by atoms with van der Waals surface area (Å²) in [5.74, 6) is -2.92. The number of halogens is 2. The first-order valence-corrected chi connectivity index (χ1v) is 11.2. The molecule has 1 heterocycles. The minimum Gasteiger partial charge on any atom is -0.508 e. The summed E-state index contributed by atoms with van der Waals surface area (Å²) in [6.45, 7) is 2.83. The van der Waals surface area contributed by atoms with Crippen molar-refractivity contribution in [3.05, 3.63) is 83.7 Å². The van der Waals surface area contributed by atoms with Crippen LogP contribution in [0.5, 0.6) is 11.5 Å². The maximum Gasteiger partial charge on any atom is 0.328 e. The Morgan fingerprint density at radius 2 is 1.97 bits per heavy atom. The van der Waals surface area contributed by atoms with Gasteiger partial charge in [0.25, 0.3) is 5.92 Å². The van der Waals surface area contributed by atoms with Gasteiger partial charge in [-0.2, -0.15) is 0 Å². The van der Waals surface area contributed by atoms with Crippen molar-refractivity contribution in [1.82, 2.24) is 0 Å². The monoisotopic (exact) mass is 468 g/mol. The third-order valence-corrected chi connectivity index (χ3v) is 6.59. The van der Waals surface area contributed by atoms with Crippen molar-refractivity contribution >= 4 is 27.4 Å². The topological polar surface area (TPSA) is 66.8 Å². The summed E-state index contributed by atoms with van der Waals surface area (Å²) in [5.41, 5.74) is 1.14. The highest BCUT2D eigenvalue weighted by Gasteiger charge is 2.30. The molecule has 2 N–H and O–H groups in total. The van der Waals surface area contributed by atoms with E-state index in [1.165, 1.54) is 17.4 Å². The lowest BCUT2D eigenvalue weighted by atomic mass is 9.93. The number of carbonyl (C=O) groups is 1. The normalized spacial score (nSPS) is 16.7. The van der Waals surface area contributed by atoms with Crippen LogP contribution >= 0.6 is 11.3 Å². The van der Waals surface area contributed by atoms with Crippen molar-refractivity contribution in [2.45, 2.75) is 26.2 Å². The molecule has 1 atom stereocenters. The number of aliphatic carboxylic acids is 1. The minimum absolute atomic E-state index is 0.0498. The Bertz CT molecular complexity index is 1310. The van der Waals surface area contributed by atoms with E-state index in [2.05, 4.69) is 0 Å². The summed E-state index contributed by atoms with van der Waals surface area (Å²) >= 11 is 1.29. The van der Waals surface area contributed by atoms with Crippen molar-refractivity contribution in [3.63, 3.8) is 0 Å². The average Bonchev–Trinajstić information content (AvgIpc) is 3.10. The third-order valence-electron chi connectivity index (χ3n) is 5.42. The van der Waals surface area contributed by atoms with Gasteiger partial charge in [0.2, 0.25) is 0 Å². The smallest absolute Gasteiger partial charge is 0.328 e. The molecule has 4 nitrogen and oxygen atoms in total. The fourth-order valence-corrected chi connectivity index (χ4v) is 5.04. The van der Waals surface area contributed by atoms with Crippen LogP contribution in [-0.4, -0.2) is 16.2 Å². The van der Waals surface area contributed by atoms with Crippen LogP contribution in [0.25, 0.3) is 20.5 Å². The first-order valence-electron chi connectivity index (χ1n) is 10.4. The lowest BCUT2D eigenvalue weighted by Crippen LogP contribution is -2.11. The number of carboxylic acid groups (broad SMARTS) is 1. The van der Waals surface area contributed by atoms with Crippen LogP contribution in [0, 0.1) is 5.92 Å². The van der Waals surface area contributed by atoms with Gasteiger partial charge in [-0.1, -0.05) is 43.3 Å². The highest BCUT2D eigenvalue weighted by atomic mass is 32.1. The molecule has 0 saturated heterocycles. The van der Waals surface area contributed by atoms with E-state index in [0.717, 1.165) is 28.7 Å². The summed E-state index contributed by atoms with van der Waals surface area (Å²) in [4.78, 5) is 11.4. The number of benzene rings is 2. The van der Waals surface area contributed by atoms with Crippen molar-refractivity contribution in [2.24, 2.45) is 5.92 Å². The number of alkyl halides is 2. The molecule has 0 radical (unpaired) electrons. The Hall–Kier alpha value is -3.45. The molecule has 0 aliphatic heterocycles. The molecular weight excluding hydrogens is 446 g/mol. The maximum atomic E-state index is 14.4. The average molecular weight is 469 g/mol. The number of aromatic hydroxyl groups is 1. The molecule has 0 bridgehead atoms. The van der Waals surface area contributed by atoms with Gasteiger partial charge in [0.05, 0.1) is 4.88 Å². The Balaban J connectivity index is 1.83. The number of hydrogen-bond acceptors (Lipinski definition) is 4. The fourth-order valence-electron chi connectivity index (χ4n) is 3.83. The quantitative estimate of drug-likeness (QED) is 0.374. The van der Waals surface area contributed by atoms with Crippen LogP contribution < -0.4 is 4.74 Å². The third kappa shape index (κ3) is 4.83. The van der Waals surface area contributed by atoms with Crippen LogP contribution in [0.2, 0.25) is 0 Å². The SMILES string of the molecule is CC1CC(/C=C/C(=O)O)=CC=C1Oc1c(-c2ccccc2C(C)(F)F)sc2cc(O)ccc12. The van der Waals surface area contributed by atoms with Gasteiger partial charge in [-0.3, -0.25) is 0 Å². The van der Waals surface area contributed by atoms with Gasteiger partial charge in [-0.25, -0.2) is 13.6 Å².